The number of H-pyrrole nitrogens is 1. The van der Waals surface area contributed by atoms with Crippen molar-refractivity contribution in [3.8, 4) is 0 Å². The van der Waals surface area contributed by atoms with Crippen LogP contribution in [0.2, 0.25) is 5.02 Å². The summed E-state index contributed by atoms with van der Waals surface area (Å²) in [7, 11) is 0. The first-order chi connectivity index (χ1) is 14.9. The monoisotopic (exact) mass is 436 g/mol. The first-order valence-electron chi connectivity index (χ1n) is 9.36. The number of benzene rings is 2. The number of hydrogen-bond donors (Lipinski definition) is 3. The molecule has 2 heterocycles. The number of carbonyl (C=O) groups is 2. The quantitative estimate of drug-likeness (QED) is 0.418. The number of aromatic nitrogens is 2. The van der Waals surface area contributed by atoms with Gasteiger partial charge in [0.05, 0.1) is 17.8 Å². The number of esters is 1. The van der Waals surface area contributed by atoms with Gasteiger partial charge in [-0.2, -0.15) is 0 Å². The van der Waals surface area contributed by atoms with E-state index in [1.807, 2.05) is 0 Å². The maximum Gasteiger partial charge on any atom is 0.341 e. The maximum absolute atomic E-state index is 12.8. The summed E-state index contributed by atoms with van der Waals surface area (Å²) in [6, 6.07) is 9.69. The lowest BCUT2D eigenvalue weighted by atomic mass is 10.1. The minimum absolute atomic E-state index is 0.0683. The molecule has 0 bridgehead atoms. The number of nitrogens with one attached hydrogen (secondary N) is 2. The van der Waals surface area contributed by atoms with Gasteiger partial charge in [0.1, 0.15) is 11.1 Å². The third-order valence-electron chi connectivity index (χ3n) is 4.75. The molecule has 0 radical (unpaired) electrons. The second-order valence-electron chi connectivity index (χ2n) is 6.71. The number of nitrogen functional groups attached to an aromatic ring is 1. The van der Waals surface area contributed by atoms with Crippen LogP contribution in [0.3, 0.4) is 0 Å². The predicted molar refractivity (Wildman–Crippen MR) is 120 cm³/mol. The number of halogens is 1. The molecule has 0 aliphatic rings. The molecule has 4 aromatic rings. The number of carbonyl (C=O) groups excluding carboxylic acids is 2. The van der Waals surface area contributed by atoms with Crippen molar-refractivity contribution in [2.45, 2.75) is 6.92 Å². The van der Waals surface area contributed by atoms with E-state index in [-0.39, 0.29) is 23.4 Å². The summed E-state index contributed by atoms with van der Waals surface area (Å²) in [5.74, 6) is -1.18. The van der Waals surface area contributed by atoms with Gasteiger partial charge in [-0.25, -0.2) is 4.79 Å². The molecule has 8 nitrogen and oxygen atoms in total. The molecular weight excluding hydrogens is 420 g/mol. The van der Waals surface area contributed by atoms with E-state index in [4.69, 9.17) is 22.1 Å². The zero-order valence-electron chi connectivity index (χ0n) is 16.4. The lowest BCUT2D eigenvalue weighted by molar-refractivity contribution is 0.0527. The topological polar surface area (TPSA) is 127 Å². The van der Waals surface area contributed by atoms with Crippen LogP contribution in [0.1, 0.15) is 27.6 Å². The molecule has 2 aromatic carbocycles. The third-order valence-corrected chi connectivity index (χ3v) is 4.99. The molecule has 4 rings (SSSR count). The van der Waals surface area contributed by atoms with Gasteiger partial charge in [0.2, 0.25) is 5.43 Å². The lowest BCUT2D eigenvalue weighted by Crippen LogP contribution is -2.22. The largest absolute Gasteiger partial charge is 0.462 e. The Kier molecular flexibility index (Phi) is 5.31. The van der Waals surface area contributed by atoms with Crippen molar-refractivity contribution in [3.05, 3.63) is 75.2 Å². The first-order valence-corrected chi connectivity index (χ1v) is 9.74. The number of anilines is 2. The number of ether oxygens (including phenoxy) is 1. The molecule has 0 unspecified atom stereocenters. The molecule has 0 saturated heterocycles. The zero-order valence-corrected chi connectivity index (χ0v) is 17.1. The Morgan fingerprint density at radius 1 is 1.16 bits per heavy atom. The molecule has 0 spiro atoms. The van der Waals surface area contributed by atoms with Gasteiger partial charge in [0.15, 0.2) is 0 Å². The molecule has 0 saturated carbocycles. The molecule has 1 amide bonds. The van der Waals surface area contributed by atoms with Crippen molar-refractivity contribution in [2.75, 3.05) is 17.7 Å². The number of amides is 1. The molecule has 9 heteroatoms. The van der Waals surface area contributed by atoms with Crippen LogP contribution in [-0.4, -0.2) is 28.5 Å². The Morgan fingerprint density at radius 2 is 1.97 bits per heavy atom. The summed E-state index contributed by atoms with van der Waals surface area (Å²) in [5.41, 5.74) is 7.46. The van der Waals surface area contributed by atoms with Crippen LogP contribution in [0.4, 0.5) is 11.4 Å². The highest BCUT2D eigenvalue weighted by Crippen LogP contribution is 2.27. The number of nitrogens with zero attached hydrogens (tertiary/aromatic N) is 1. The van der Waals surface area contributed by atoms with E-state index in [1.165, 1.54) is 18.5 Å². The van der Waals surface area contributed by atoms with E-state index in [0.717, 1.165) is 0 Å². The van der Waals surface area contributed by atoms with Crippen LogP contribution in [0.15, 0.2) is 53.6 Å². The number of nitrogens with two attached hydrogens (primary N) is 1. The van der Waals surface area contributed by atoms with Crippen molar-refractivity contribution in [2.24, 2.45) is 0 Å². The summed E-state index contributed by atoms with van der Waals surface area (Å²) in [6.07, 6.45) is 2.71. The number of hydrogen-bond acceptors (Lipinski definition) is 6. The van der Waals surface area contributed by atoms with Crippen molar-refractivity contribution >= 4 is 56.7 Å². The van der Waals surface area contributed by atoms with Crippen LogP contribution in [0.5, 0.6) is 0 Å². The van der Waals surface area contributed by atoms with Crippen LogP contribution in [-0.2, 0) is 4.74 Å². The number of aromatic amines is 1. The van der Waals surface area contributed by atoms with Gasteiger partial charge in [-0.15, -0.1) is 0 Å². The summed E-state index contributed by atoms with van der Waals surface area (Å²) in [4.78, 5) is 44.7. The van der Waals surface area contributed by atoms with E-state index in [2.05, 4.69) is 15.3 Å². The molecule has 156 valence electrons. The van der Waals surface area contributed by atoms with Crippen LogP contribution < -0.4 is 16.5 Å². The van der Waals surface area contributed by atoms with Crippen molar-refractivity contribution < 1.29 is 14.3 Å². The summed E-state index contributed by atoms with van der Waals surface area (Å²) in [5, 5.41) is 3.86. The predicted octanol–water partition coefficient (Wildman–Crippen LogP) is 3.74. The third kappa shape index (κ3) is 3.80. The number of rotatable bonds is 4. The highest BCUT2D eigenvalue weighted by Gasteiger charge is 2.17. The second-order valence-corrected chi connectivity index (χ2v) is 7.15. The van der Waals surface area contributed by atoms with Gasteiger partial charge in [-0.1, -0.05) is 11.6 Å². The van der Waals surface area contributed by atoms with Gasteiger partial charge in [-0.3, -0.25) is 14.6 Å². The molecule has 2 aromatic heterocycles. The Bertz CT molecular complexity index is 1410. The fourth-order valence-corrected chi connectivity index (χ4v) is 3.39. The van der Waals surface area contributed by atoms with Crippen LogP contribution in [0.25, 0.3) is 21.8 Å². The van der Waals surface area contributed by atoms with Crippen LogP contribution >= 0.6 is 11.6 Å². The average molecular weight is 437 g/mol. The summed E-state index contributed by atoms with van der Waals surface area (Å²) >= 11 is 5.97. The van der Waals surface area contributed by atoms with Gasteiger partial charge >= 0.3 is 5.97 Å². The lowest BCUT2D eigenvalue weighted by Gasteiger charge is -2.10. The van der Waals surface area contributed by atoms with E-state index >= 15 is 0 Å². The van der Waals surface area contributed by atoms with Crippen molar-refractivity contribution in [1.29, 1.82) is 0 Å². The van der Waals surface area contributed by atoms with Crippen molar-refractivity contribution in [1.82, 2.24) is 9.97 Å². The molecule has 0 aliphatic heterocycles. The zero-order chi connectivity index (χ0) is 22.1. The van der Waals surface area contributed by atoms with Gasteiger partial charge in [-0.05, 0) is 43.3 Å². The van der Waals surface area contributed by atoms with Gasteiger partial charge in [0, 0.05) is 39.4 Å². The van der Waals surface area contributed by atoms with E-state index in [0.29, 0.717) is 32.5 Å². The fraction of sp³-hybridized carbons (Fsp3) is 0.0909. The van der Waals surface area contributed by atoms with Gasteiger partial charge < -0.3 is 20.8 Å². The maximum atomic E-state index is 12.8. The summed E-state index contributed by atoms with van der Waals surface area (Å²) in [6.45, 7) is 1.90. The molecule has 0 aliphatic carbocycles. The van der Waals surface area contributed by atoms with E-state index in [1.54, 1.807) is 37.3 Å². The molecular formula is C22H17ClN4O4. The standard InChI is InChI=1S/C22H17ClN4O4/c1-2-31-22(30)15-9-25-17-6-4-12(8-13(17)19(15)24)27-21(29)16-10-26-18-5-3-11(23)7-14(18)20(16)28/h3-10H,2H2,1H3,(H2,24,25)(H,26,28)(H,27,29). The van der Waals surface area contributed by atoms with Gasteiger partial charge in [0.25, 0.3) is 5.91 Å². The van der Waals surface area contributed by atoms with E-state index in [9.17, 15) is 14.4 Å². The molecule has 0 fully saturated rings. The minimum Gasteiger partial charge on any atom is -0.462 e. The number of pyridine rings is 2. The summed E-state index contributed by atoms with van der Waals surface area (Å²) < 4.78 is 4.99. The second kappa shape index (κ2) is 8.08. The Morgan fingerprint density at radius 3 is 2.74 bits per heavy atom. The SMILES string of the molecule is CCOC(=O)c1cnc2ccc(NC(=O)c3c[nH]c4ccc(Cl)cc4c3=O)cc2c1N. The Hall–Kier alpha value is -3.91. The van der Waals surface area contributed by atoms with Crippen LogP contribution in [0, 0.1) is 0 Å². The van der Waals surface area contributed by atoms with E-state index < -0.39 is 17.3 Å². The average Bonchev–Trinajstić information content (AvgIpc) is 2.75. The fourth-order valence-electron chi connectivity index (χ4n) is 3.22. The Balaban J connectivity index is 1.70. The molecule has 0 atom stereocenters. The first kappa shape index (κ1) is 20.4. The highest BCUT2D eigenvalue weighted by atomic mass is 35.5. The number of fused-ring (bicyclic) bond motifs is 2. The highest BCUT2D eigenvalue weighted by molar-refractivity contribution is 6.31. The minimum atomic E-state index is -0.601. The van der Waals surface area contributed by atoms with Crippen molar-refractivity contribution in [3.63, 3.8) is 0 Å². The molecule has 4 N–H and O–H groups in total. The Labute approximate surface area is 181 Å². The normalized spacial score (nSPS) is 10.9. The smallest absolute Gasteiger partial charge is 0.341 e. The molecule has 31 heavy (non-hydrogen) atoms.